The van der Waals surface area contributed by atoms with Crippen molar-refractivity contribution < 1.29 is 4.90 Å². The molecule has 0 bridgehead atoms. The normalized spacial score (nSPS) is 12.5. The maximum Gasteiger partial charge on any atom is 0.192 e. The molecule has 0 saturated heterocycles. The van der Waals surface area contributed by atoms with Crippen molar-refractivity contribution in [1.29, 1.82) is 0 Å². The van der Waals surface area contributed by atoms with E-state index < -0.39 is 0 Å². The lowest BCUT2D eigenvalue weighted by atomic mass is 10.1. The van der Waals surface area contributed by atoms with Crippen LogP contribution in [0.3, 0.4) is 0 Å². The molecule has 2 aromatic carbocycles. The van der Waals surface area contributed by atoms with E-state index >= 15 is 0 Å². The molecule has 0 unspecified atom stereocenters. The average molecular weight is 396 g/mol. The van der Waals surface area contributed by atoms with E-state index in [4.69, 9.17) is 0 Å². The number of thioether (sulfide) groups is 1. The predicted molar refractivity (Wildman–Crippen MR) is 117 cm³/mol. The molecule has 3 aromatic rings. The smallest absolute Gasteiger partial charge is 0.192 e. The summed E-state index contributed by atoms with van der Waals surface area (Å²) in [6, 6.07) is 17.7. The van der Waals surface area contributed by atoms with Gasteiger partial charge in [-0.25, -0.2) is 0 Å². The minimum Gasteiger partial charge on any atom is -0.331 e. The summed E-state index contributed by atoms with van der Waals surface area (Å²) in [5.74, 6) is 1.98. The fourth-order valence-electron chi connectivity index (χ4n) is 3.73. The molecule has 4 nitrogen and oxygen atoms in total. The lowest BCUT2D eigenvalue weighted by molar-refractivity contribution is -0.893. The number of aromatic nitrogens is 3. The number of benzene rings is 2. The van der Waals surface area contributed by atoms with Crippen molar-refractivity contribution in [3.8, 4) is 0 Å². The van der Waals surface area contributed by atoms with E-state index in [1.165, 1.54) is 27.2 Å². The van der Waals surface area contributed by atoms with Crippen LogP contribution in [-0.2, 0) is 12.3 Å². The van der Waals surface area contributed by atoms with Gasteiger partial charge in [0.05, 0.1) is 20.6 Å². The monoisotopic (exact) mass is 395 g/mol. The second-order valence-corrected chi connectivity index (χ2v) is 8.68. The van der Waals surface area contributed by atoms with E-state index in [1.54, 1.807) is 11.8 Å². The maximum absolute atomic E-state index is 4.62. The Kier molecular flexibility index (Phi) is 6.92. The van der Waals surface area contributed by atoms with Crippen LogP contribution in [-0.4, -0.2) is 28.9 Å². The first-order valence-corrected chi connectivity index (χ1v) is 10.9. The van der Waals surface area contributed by atoms with Crippen LogP contribution in [0.1, 0.15) is 47.5 Å². The minimum absolute atomic E-state index is 0.340. The molecule has 1 heterocycles. The topological polar surface area (TPSA) is 35.1 Å². The quantitative estimate of drug-likeness (QED) is 0.589. The summed E-state index contributed by atoms with van der Waals surface area (Å²) >= 11 is 1.78. The van der Waals surface area contributed by atoms with E-state index in [2.05, 4.69) is 98.2 Å². The highest BCUT2D eigenvalue weighted by Crippen LogP contribution is 2.26. The Hall–Kier alpha value is -2.11. The summed E-state index contributed by atoms with van der Waals surface area (Å²) < 4.78 is 2.31. The third-order valence-corrected chi connectivity index (χ3v) is 6.03. The fourth-order valence-corrected chi connectivity index (χ4v) is 4.60. The van der Waals surface area contributed by atoms with Crippen LogP contribution in [0.25, 0.3) is 0 Å². The molecule has 0 aliphatic heterocycles. The third kappa shape index (κ3) is 5.03. The van der Waals surface area contributed by atoms with Crippen LogP contribution < -0.4 is 4.90 Å². The highest BCUT2D eigenvalue weighted by Gasteiger charge is 2.25. The molecule has 3 rings (SSSR count). The number of nitrogens with one attached hydrogen (secondary N) is 1. The van der Waals surface area contributed by atoms with Crippen molar-refractivity contribution in [2.75, 3.05) is 14.1 Å². The SMILES string of the molecule is CC[C@@H](c1nnc(SCc2cc(C)cc(C)c2)n1Cc1ccccc1)[NH+](C)C. The summed E-state index contributed by atoms with van der Waals surface area (Å²) in [5, 5.41) is 10.2. The van der Waals surface area contributed by atoms with E-state index in [0.717, 1.165) is 29.7 Å². The molecule has 0 spiro atoms. The summed E-state index contributed by atoms with van der Waals surface area (Å²) in [6.07, 6.45) is 1.04. The number of hydrogen-bond donors (Lipinski definition) is 1. The molecule has 1 aromatic heterocycles. The molecule has 0 radical (unpaired) electrons. The Morgan fingerprint density at radius 1 is 0.964 bits per heavy atom. The van der Waals surface area contributed by atoms with Crippen LogP contribution in [0.15, 0.2) is 53.7 Å². The second-order valence-electron chi connectivity index (χ2n) is 7.74. The molecule has 0 fully saturated rings. The van der Waals surface area contributed by atoms with Gasteiger partial charge in [0.15, 0.2) is 11.0 Å². The Morgan fingerprint density at radius 2 is 1.64 bits per heavy atom. The van der Waals surface area contributed by atoms with Gasteiger partial charge in [0.1, 0.15) is 6.04 Å². The largest absolute Gasteiger partial charge is 0.331 e. The van der Waals surface area contributed by atoms with Crippen LogP contribution in [0.4, 0.5) is 0 Å². The van der Waals surface area contributed by atoms with Gasteiger partial charge in [0.25, 0.3) is 0 Å². The Bertz CT molecular complexity index is 882. The van der Waals surface area contributed by atoms with Gasteiger partial charge >= 0.3 is 0 Å². The Balaban J connectivity index is 1.90. The van der Waals surface area contributed by atoms with Gasteiger partial charge in [0, 0.05) is 12.2 Å². The van der Waals surface area contributed by atoms with Gasteiger partial charge in [-0.15, -0.1) is 10.2 Å². The van der Waals surface area contributed by atoms with Crippen molar-refractivity contribution in [2.24, 2.45) is 0 Å². The molecule has 5 heteroatoms. The average Bonchev–Trinajstić information content (AvgIpc) is 3.03. The van der Waals surface area contributed by atoms with E-state index in [9.17, 15) is 0 Å². The molecule has 148 valence electrons. The van der Waals surface area contributed by atoms with Gasteiger partial charge in [-0.2, -0.15) is 0 Å². The van der Waals surface area contributed by atoms with E-state index in [1.807, 2.05) is 0 Å². The first-order chi connectivity index (χ1) is 13.5. The van der Waals surface area contributed by atoms with Crippen LogP contribution in [0, 0.1) is 13.8 Å². The Labute approximate surface area is 173 Å². The number of aryl methyl sites for hydroxylation is 2. The molecule has 1 N–H and O–H groups in total. The molecule has 28 heavy (non-hydrogen) atoms. The molecule has 0 amide bonds. The number of nitrogens with zero attached hydrogens (tertiary/aromatic N) is 3. The van der Waals surface area contributed by atoms with Crippen LogP contribution >= 0.6 is 11.8 Å². The maximum atomic E-state index is 4.62. The van der Waals surface area contributed by atoms with Gasteiger partial charge < -0.3 is 4.90 Å². The first kappa shape index (κ1) is 20.6. The van der Waals surface area contributed by atoms with Crippen LogP contribution in [0.2, 0.25) is 0 Å². The highest BCUT2D eigenvalue weighted by atomic mass is 32.2. The number of quaternary nitrogens is 1. The standard InChI is InChI=1S/C23H30N4S/c1-6-21(26(4)5)22-24-25-23(27(22)15-19-10-8-7-9-11-19)28-16-20-13-17(2)12-18(3)14-20/h7-14,21H,6,15-16H2,1-5H3/p+1/t21-/m0/s1. The summed E-state index contributed by atoms with van der Waals surface area (Å²) in [5.41, 5.74) is 5.23. The van der Waals surface area contributed by atoms with Crippen molar-refractivity contribution in [3.63, 3.8) is 0 Å². The van der Waals surface area contributed by atoms with Crippen molar-refractivity contribution in [3.05, 3.63) is 76.6 Å². The molecule has 1 atom stereocenters. The van der Waals surface area contributed by atoms with Crippen LogP contribution in [0.5, 0.6) is 0 Å². The molecular formula is C23H31N4S+. The van der Waals surface area contributed by atoms with Gasteiger partial charge in [-0.1, -0.05) is 78.3 Å². The number of hydrogen-bond acceptors (Lipinski definition) is 3. The first-order valence-electron chi connectivity index (χ1n) is 9.95. The molecule has 0 aliphatic rings. The van der Waals surface area contributed by atoms with Gasteiger partial charge in [0.2, 0.25) is 0 Å². The lowest BCUT2D eigenvalue weighted by Gasteiger charge is -2.20. The minimum atomic E-state index is 0.340. The number of rotatable bonds is 8. The van der Waals surface area contributed by atoms with Gasteiger partial charge in [-0.05, 0) is 25.0 Å². The summed E-state index contributed by atoms with van der Waals surface area (Å²) in [4.78, 5) is 1.38. The molecule has 0 aliphatic carbocycles. The molecule has 0 saturated carbocycles. The zero-order valence-electron chi connectivity index (χ0n) is 17.6. The van der Waals surface area contributed by atoms with E-state index in [-0.39, 0.29) is 0 Å². The Morgan fingerprint density at radius 3 is 2.25 bits per heavy atom. The van der Waals surface area contributed by atoms with E-state index in [0.29, 0.717) is 6.04 Å². The second kappa shape index (κ2) is 9.39. The predicted octanol–water partition coefficient (Wildman–Crippen LogP) is 3.83. The van der Waals surface area contributed by atoms with Crippen molar-refractivity contribution >= 4 is 11.8 Å². The summed E-state index contributed by atoms with van der Waals surface area (Å²) in [6.45, 7) is 7.34. The van der Waals surface area contributed by atoms with Crippen molar-refractivity contribution in [2.45, 2.75) is 50.7 Å². The highest BCUT2D eigenvalue weighted by molar-refractivity contribution is 7.98. The van der Waals surface area contributed by atoms with Gasteiger partial charge in [-0.3, -0.25) is 4.57 Å². The van der Waals surface area contributed by atoms with Crippen molar-refractivity contribution in [1.82, 2.24) is 14.8 Å². The zero-order valence-corrected chi connectivity index (χ0v) is 18.4. The zero-order chi connectivity index (χ0) is 20.1. The molecular weight excluding hydrogens is 364 g/mol. The lowest BCUT2D eigenvalue weighted by Crippen LogP contribution is -3.06. The summed E-state index contributed by atoms with van der Waals surface area (Å²) in [7, 11) is 4.39. The fraction of sp³-hybridized carbons (Fsp3) is 0.391. The third-order valence-electron chi connectivity index (χ3n) is 5.00.